The number of halogens is 3. The predicted octanol–water partition coefficient (Wildman–Crippen LogP) is 3.43. The van der Waals surface area contributed by atoms with Gasteiger partial charge in [-0.25, -0.2) is 0 Å². The maximum absolute atomic E-state index is 12.6. The number of amides is 1. The van der Waals surface area contributed by atoms with Crippen molar-refractivity contribution < 1.29 is 18.0 Å². The Balaban J connectivity index is 2.39. The number of carbonyl (C=O) groups excluding carboxylic acids is 1. The van der Waals surface area contributed by atoms with Crippen LogP contribution in [0.5, 0.6) is 0 Å². The van der Waals surface area contributed by atoms with E-state index in [-0.39, 0.29) is 29.1 Å². The summed E-state index contributed by atoms with van der Waals surface area (Å²) in [5, 5.41) is 5.28. The van der Waals surface area contributed by atoms with E-state index >= 15 is 0 Å². The lowest BCUT2D eigenvalue weighted by atomic mass is 9.88. The van der Waals surface area contributed by atoms with E-state index in [9.17, 15) is 18.0 Å². The SMILES string of the molecule is CC(C)(C)C1=NN(c2ccc(C(F)(F)F)cc2N)C(=O)C1. The molecule has 0 radical (unpaired) electrons. The molecule has 1 aliphatic rings. The molecule has 0 spiro atoms. The molecule has 1 aromatic carbocycles. The minimum absolute atomic E-state index is 0.128. The Morgan fingerprint density at radius 1 is 1.24 bits per heavy atom. The highest BCUT2D eigenvalue weighted by atomic mass is 19.4. The Morgan fingerprint density at radius 2 is 1.86 bits per heavy atom. The van der Waals surface area contributed by atoms with E-state index in [0.717, 1.165) is 17.1 Å². The summed E-state index contributed by atoms with van der Waals surface area (Å²) in [6, 6.07) is 2.88. The van der Waals surface area contributed by atoms with Gasteiger partial charge in [0, 0.05) is 5.41 Å². The van der Waals surface area contributed by atoms with Crippen molar-refractivity contribution >= 4 is 23.0 Å². The van der Waals surface area contributed by atoms with Crippen molar-refractivity contribution in [3.05, 3.63) is 23.8 Å². The standard InChI is InChI=1S/C14H16F3N3O/c1-13(2,3)11-7-12(21)20(19-11)10-5-4-8(6-9(10)18)14(15,16)17/h4-6H,7,18H2,1-3H3. The van der Waals surface area contributed by atoms with Gasteiger partial charge >= 0.3 is 6.18 Å². The number of nitrogens with two attached hydrogens (primary N) is 1. The normalized spacial score (nSPS) is 16.4. The quantitative estimate of drug-likeness (QED) is 0.808. The van der Waals surface area contributed by atoms with E-state index in [1.54, 1.807) is 0 Å². The van der Waals surface area contributed by atoms with Crippen LogP contribution in [0.3, 0.4) is 0 Å². The number of benzene rings is 1. The lowest BCUT2D eigenvalue weighted by molar-refractivity contribution is -0.137. The first-order valence-electron chi connectivity index (χ1n) is 6.38. The summed E-state index contributed by atoms with van der Waals surface area (Å²) >= 11 is 0. The molecule has 0 bridgehead atoms. The van der Waals surface area contributed by atoms with Crippen molar-refractivity contribution in [2.45, 2.75) is 33.4 Å². The van der Waals surface area contributed by atoms with Crippen LogP contribution in [-0.4, -0.2) is 11.6 Å². The number of hydrazone groups is 1. The molecule has 1 heterocycles. The van der Waals surface area contributed by atoms with Crippen LogP contribution in [0.2, 0.25) is 0 Å². The van der Waals surface area contributed by atoms with E-state index in [0.29, 0.717) is 5.71 Å². The van der Waals surface area contributed by atoms with Crippen molar-refractivity contribution in [3.8, 4) is 0 Å². The van der Waals surface area contributed by atoms with Gasteiger partial charge < -0.3 is 5.73 Å². The molecular formula is C14H16F3N3O. The monoisotopic (exact) mass is 299 g/mol. The van der Waals surface area contributed by atoms with Crippen molar-refractivity contribution in [3.63, 3.8) is 0 Å². The van der Waals surface area contributed by atoms with Crippen LogP contribution in [0.1, 0.15) is 32.8 Å². The summed E-state index contributed by atoms with van der Waals surface area (Å²) in [7, 11) is 0. The van der Waals surface area contributed by atoms with Crippen LogP contribution in [0.4, 0.5) is 24.5 Å². The molecule has 0 saturated carbocycles. The molecule has 2 rings (SSSR count). The number of alkyl halides is 3. The van der Waals surface area contributed by atoms with Crippen LogP contribution in [-0.2, 0) is 11.0 Å². The molecule has 0 fully saturated rings. The van der Waals surface area contributed by atoms with Gasteiger partial charge in [-0.3, -0.25) is 4.79 Å². The third-order valence-corrected chi connectivity index (χ3v) is 3.22. The molecule has 0 unspecified atom stereocenters. The summed E-state index contributed by atoms with van der Waals surface area (Å²) in [6.45, 7) is 5.75. The molecule has 114 valence electrons. The second-order valence-corrected chi connectivity index (χ2v) is 5.95. The highest BCUT2D eigenvalue weighted by molar-refractivity contribution is 6.15. The lowest BCUT2D eigenvalue weighted by Gasteiger charge is -2.17. The van der Waals surface area contributed by atoms with Gasteiger partial charge in [-0.15, -0.1) is 0 Å². The van der Waals surface area contributed by atoms with Crippen molar-refractivity contribution in [1.82, 2.24) is 0 Å². The van der Waals surface area contributed by atoms with Crippen LogP contribution < -0.4 is 10.7 Å². The lowest BCUT2D eigenvalue weighted by Crippen LogP contribution is -2.21. The fourth-order valence-electron chi connectivity index (χ4n) is 1.96. The topological polar surface area (TPSA) is 58.7 Å². The van der Waals surface area contributed by atoms with E-state index in [2.05, 4.69) is 5.10 Å². The van der Waals surface area contributed by atoms with Gasteiger partial charge in [-0.2, -0.15) is 23.3 Å². The first kappa shape index (κ1) is 15.3. The van der Waals surface area contributed by atoms with E-state index in [1.807, 2.05) is 20.8 Å². The zero-order valence-electron chi connectivity index (χ0n) is 12.0. The van der Waals surface area contributed by atoms with Crippen molar-refractivity contribution in [2.75, 3.05) is 10.7 Å². The number of carbonyl (C=O) groups is 1. The van der Waals surface area contributed by atoms with Gasteiger partial charge in [0.05, 0.1) is 29.1 Å². The number of anilines is 2. The number of nitrogens with zero attached hydrogens (tertiary/aromatic N) is 2. The molecular weight excluding hydrogens is 283 g/mol. The summed E-state index contributed by atoms with van der Waals surface area (Å²) in [5.74, 6) is -0.300. The Morgan fingerprint density at radius 3 is 2.29 bits per heavy atom. The number of hydrogen-bond acceptors (Lipinski definition) is 3. The molecule has 0 saturated heterocycles. The predicted molar refractivity (Wildman–Crippen MR) is 74.8 cm³/mol. The highest BCUT2D eigenvalue weighted by Gasteiger charge is 2.34. The minimum atomic E-state index is -4.47. The second-order valence-electron chi connectivity index (χ2n) is 5.95. The van der Waals surface area contributed by atoms with Gasteiger partial charge in [-0.1, -0.05) is 20.8 Å². The fraction of sp³-hybridized carbons (Fsp3) is 0.429. The second kappa shape index (κ2) is 4.75. The summed E-state index contributed by atoms with van der Waals surface area (Å²) in [4.78, 5) is 12.0. The molecule has 1 amide bonds. The van der Waals surface area contributed by atoms with Crippen LogP contribution in [0.15, 0.2) is 23.3 Å². The van der Waals surface area contributed by atoms with Crippen LogP contribution >= 0.6 is 0 Å². The molecule has 0 aromatic heterocycles. The average Bonchev–Trinajstić information content (AvgIpc) is 2.70. The largest absolute Gasteiger partial charge is 0.416 e. The third-order valence-electron chi connectivity index (χ3n) is 3.22. The molecule has 21 heavy (non-hydrogen) atoms. The Hall–Kier alpha value is -2.05. The molecule has 1 aliphatic heterocycles. The summed E-state index contributed by atoms with van der Waals surface area (Å²) < 4.78 is 37.8. The van der Waals surface area contributed by atoms with Crippen LogP contribution in [0.25, 0.3) is 0 Å². The number of nitrogen functional groups attached to an aromatic ring is 1. The molecule has 1 aromatic rings. The van der Waals surface area contributed by atoms with Crippen molar-refractivity contribution in [2.24, 2.45) is 10.5 Å². The zero-order valence-corrected chi connectivity index (χ0v) is 12.0. The zero-order chi connectivity index (χ0) is 16.0. The summed E-state index contributed by atoms with van der Waals surface area (Å²) in [6.07, 6.45) is -4.33. The van der Waals surface area contributed by atoms with Gasteiger partial charge in [-0.05, 0) is 18.2 Å². The van der Waals surface area contributed by atoms with E-state index in [4.69, 9.17) is 5.73 Å². The van der Waals surface area contributed by atoms with Crippen molar-refractivity contribution in [1.29, 1.82) is 0 Å². The average molecular weight is 299 g/mol. The maximum Gasteiger partial charge on any atom is 0.416 e. The Labute approximate surface area is 120 Å². The molecule has 2 N–H and O–H groups in total. The maximum atomic E-state index is 12.6. The number of rotatable bonds is 1. The highest BCUT2D eigenvalue weighted by Crippen LogP contribution is 2.36. The van der Waals surface area contributed by atoms with Gasteiger partial charge in [0.25, 0.3) is 5.91 Å². The molecule has 0 atom stereocenters. The third kappa shape index (κ3) is 3.01. The molecule has 4 nitrogen and oxygen atoms in total. The summed E-state index contributed by atoms with van der Waals surface area (Å²) in [5.41, 5.74) is 5.23. The van der Waals surface area contributed by atoms with Crippen LogP contribution in [0, 0.1) is 5.41 Å². The minimum Gasteiger partial charge on any atom is -0.397 e. The van der Waals surface area contributed by atoms with Gasteiger partial charge in [0.15, 0.2) is 0 Å². The molecule has 0 aliphatic carbocycles. The fourth-order valence-corrected chi connectivity index (χ4v) is 1.96. The Bertz CT molecular complexity index is 615. The smallest absolute Gasteiger partial charge is 0.397 e. The van der Waals surface area contributed by atoms with Gasteiger partial charge in [0.1, 0.15) is 0 Å². The Kier molecular flexibility index (Phi) is 3.47. The first-order chi connectivity index (χ1) is 9.50. The van der Waals surface area contributed by atoms with E-state index in [1.165, 1.54) is 6.07 Å². The van der Waals surface area contributed by atoms with E-state index < -0.39 is 11.7 Å². The molecule has 7 heteroatoms. The first-order valence-corrected chi connectivity index (χ1v) is 6.38. The number of hydrogen-bond donors (Lipinski definition) is 1. The van der Waals surface area contributed by atoms with Gasteiger partial charge in [0.2, 0.25) is 0 Å².